The van der Waals surface area contributed by atoms with Crippen LogP contribution in [0.2, 0.25) is 0 Å². The van der Waals surface area contributed by atoms with E-state index < -0.39 is 0 Å². The Morgan fingerprint density at radius 1 is 1.43 bits per heavy atom. The van der Waals surface area contributed by atoms with Gasteiger partial charge >= 0.3 is 0 Å². The van der Waals surface area contributed by atoms with E-state index in [1.54, 1.807) is 11.8 Å². The van der Waals surface area contributed by atoms with Crippen LogP contribution in [-0.2, 0) is 4.74 Å². The molecule has 2 heteroatoms. The Balaban J connectivity index is 2.04. The highest BCUT2D eigenvalue weighted by Crippen LogP contribution is 2.13. The van der Waals surface area contributed by atoms with Gasteiger partial charge in [-0.05, 0) is 18.6 Å². The number of ether oxygens (including phenoxy) is 1. The molecule has 1 aliphatic rings. The predicted octanol–water partition coefficient (Wildman–Crippen LogP) is 1.65. The zero-order valence-corrected chi connectivity index (χ0v) is 5.04. The molecule has 1 radical (unpaired) electrons. The SMILES string of the molecule is [CH]1OCCCCS1. The topological polar surface area (TPSA) is 9.23 Å². The van der Waals surface area contributed by atoms with Crippen LogP contribution in [0.15, 0.2) is 0 Å². The van der Waals surface area contributed by atoms with Crippen LogP contribution in [0.4, 0.5) is 0 Å². The molecule has 0 saturated carbocycles. The van der Waals surface area contributed by atoms with Gasteiger partial charge in [-0.3, -0.25) is 0 Å². The third-order valence-electron chi connectivity index (χ3n) is 0.910. The second-order valence-electron chi connectivity index (χ2n) is 1.54. The first-order valence-corrected chi connectivity index (χ1v) is 3.60. The molecule has 0 aliphatic carbocycles. The normalized spacial score (nSPS) is 24.0. The number of rotatable bonds is 0. The van der Waals surface area contributed by atoms with E-state index >= 15 is 0 Å². The predicted molar refractivity (Wildman–Crippen MR) is 31.9 cm³/mol. The number of hydrogen-bond donors (Lipinski definition) is 0. The molecule has 0 aromatic rings. The molecule has 7 heavy (non-hydrogen) atoms. The highest BCUT2D eigenvalue weighted by Gasteiger charge is 1.96. The van der Waals surface area contributed by atoms with Gasteiger partial charge in [0.15, 0.2) is 0 Å². The molecule has 0 spiro atoms. The lowest BCUT2D eigenvalue weighted by Crippen LogP contribution is -1.83. The van der Waals surface area contributed by atoms with E-state index in [0.717, 1.165) is 6.61 Å². The van der Waals surface area contributed by atoms with Gasteiger partial charge in [-0.1, -0.05) is 0 Å². The second-order valence-corrected chi connectivity index (χ2v) is 2.48. The molecule has 1 fully saturated rings. The van der Waals surface area contributed by atoms with Crippen molar-refractivity contribution in [3.63, 3.8) is 0 Å². The lowest BCUT2D eigenvalue weighted by atomic mass is 10.4. The molecule has 0 bridgehead atoms. The molecule has 1 aliphatic heterocycles. The molecule has 1 rings (SSSR count). The highest BCUT2D eigenvalue weighted by molar-refractivity contribution is 8.01. The summed E-state index contributed by atoms with van der Waals surface area (Å²) in [6.07, 6.45) is 2.53. The van der Waals surface area contributed by atoms with Crippen molar-refractivity contribution >= 4 is 11.8 Å². The van der Waals surface area contributed by atoms with Crippen LogP contribution in [0.3, 0.4) is 0 Å². The summed E-state index contributed by atoms with van der Waals surface area (Å²) in [5.74, 6) is 3.08. The zero-order valence-electron chi connectivity index (χ0n) is 4.22. The molecular formula is C5H9OS. The fourth-order valence-electron chi connectivity index (χ4n) is 0.515. The van der Waals surface area contributed by atoms with Gasteiger partial charge < -0.3 is 4.74 Å². The highest BCUT2D eigenvalue weighted by atomic mass is 32.2. The third-order valence-corrected chi connectivity index (χ3v) is 1.71. The van der Waals surface area contributed by atoms with Gasteiger partial charge in [0.1, 0.15) is 5.94 Å². The van der Waals surface area contributed by atoms with Crippen molar-refractivity contribution in [2.24, 2.45) is 0 Å². The molecule has 0 unspecified atom stereocenters. The Hall–Kier alpha value is 0.310. The van der Waals surface area contributed by atoms with Crippen molar-refractivity contribution in [1.29, 1.82) is 0 Å². The number of thioether (sulfide) groups is 1. The summed E-state index contributed by atoms with van der Waals surface area (Å²) in [7, 11) is 0. The zero-order chi connectivity index (χ0) is 4.95. The monoisotopic (exact) mass is 117 g/mol. The van der Waals surface area contributed by atoms with Gasteiger partial charge in [-0.25, -0.2) is 0 Å². The molecule has 1 nitrogen and oxygen atoms in total. The average molecular weight is 117 g/mol. The van der Waals surface area contributed by atoms with E-state index in [4.69, 9.17) is 4.74 Å². The van der Waals surface area contributed by atoms with Gasteiger partial charge in [-0.15, -0.1) is 11.8 Å². The average Bonchev–Trinajstić information content (AvgIpc) is 1.90. The molecule has 0 N–H and O–H groups in total. The minimum atomic E-state index is 0.924. The molecule has 1 heterocycles. The Labute approximate surface area is 48.4 Å². The fourth-order valence-corrected chi connectivity index (χ4v) is 1.17. The van der Waals surface area contributed by atoms with Crippen LogP contribution in [0, 0.1) is 5.94 Å². The Morgan fingerprint density at radius 2 is 2.43 bits per heavy atom. The van der Waals surface area contributed by atoms with Crippen molar-refractivity contribution in [2.45, 2.75) is 12.8 Å². The van der Waals surface area contributed by atoms with E-state index in [2.05, 4.69) is 0 Å². The van der Waals surface area contributed by atoms with Crippen LogP contribution < -0.4 is 0 Å². The molecule has 41 valence electrons. The molecular weight excluding hydrogens is 108 g/mol. The summed E-state index contributed by atoms with van der Waals surface area (Å²) >= 11 is 1.77. The van der Waals surface area contributed by atoms with Crippen molar-refractivity contribution in [2.75, 3.05) is 12.4 Å². The van der Waals surface area contributed by atoms with Gasteiger partial charge in [0.2, 0.25) is 0 Å². The van der Waals surface area contributed by atoms with E-state index in [9.17, 15) is 0 Å². The first-order chi connectivity index (χ1) is 3.50. The van der Waals surface area contributed by atoms with Gasteiger partial charge in [0, 0.05) is 6.61 Å². The summed E-state index contributed by atoms with van der Waals surface area (Å²) in [5.41, 5.74) is 0. The minimum absolute atomic E-state index is 0.924. The van der Waals surface area contributed by atoms with Crippen LogP contribution in [0.5, 0.6) is 0 Å². The van der Waals surface area contributed by atoms with Gasteiger partial charge in [-0.2, -0.15) is 0 Å². The van der Waals surface area contributed by atoms with Crippen molar-refractivity contribution in [3.05, 3.63) is 5.94 Å². The molecule has 0 amide bonds. The Kier molecular flexibility index (Phi) is 2.59. The molecule has 0 atom stereocenters. The van der Waals surface area contributed by atoms with Crippen molar-refractivity contribution in [3.8, 4) is 0 Å². The maximum Gasteiger partial charge on any atom is 0.138 e. The molecule has 0 aromatic heterocycles. The van der Waals surface area contributed by atoms with Crippen molar-refractivity contribution in [1.82, 2.24) is 0 Å². The van der Waals surface area contributed by atoms with Crippen molar-refractivity contribution < 1.29 is 4.74 Å². The maximum atomic E-state index is 5.03. The fraction of sp³-hybridized carbons (Fsp3) is 0.800. The lowest BCUT2D eigenvalue weighted by Gasteiger charge is -1.89. The Morgan fingerprint density at radius 3 is 3.43 bits per heavy atom. The quantitative estimate of drug-likeness (QED) is 0.477. The first kappa shape index (κ1) is 5.45. The number of hydrogen-bond acceptors (Lipinski definition) is 2. The summed E-state index contributed by atoms with van der Waals surface area (Å²) in [5, 5.41) is 0. The van der Waals surface area contributed by atoms with E-state index in [1.807, 2.05) is 5.94 Å². The second kappa shape index (κ2) is 3.33. The van der Waals surface area contributed by atoms with E-state index in [-0.39, 0.29) is 0 Å². The van der Waals surface area contributed by atoms with E-state index in [0.29, 0.717) is 0 Å². The van der Waals surface area contributed by atoms with Gasteiger partial charge in [0.25, 0.3) is 0 Å². The minimum Gasteiger partial charge on any atom is -0.364 e. The summed E-state index contributed by atoms with van der Waals surface area (Å²) < 4.78 is 5.03. The molecule has 1 saturated heterocycles. The first-order valence-electron chi connectivity index (χ1n) is 2.55. The lowest BCUT2D eigenvalue weighted by molar-refractivity contribution is 0.230. The third kappa shape index (κ3) is 2.19. The van der Waals surface area contributed by atoms with Crippen LogP contribution >= 0.6 is 11.8 Å². The smallest absolute Gasteiger partial charge is 0.138 e. The molecule has 0 aromatic carbocycles. The largest absolute Gasteiger partial charge is 0.364 e. The van der Waals surface area contributed by atoms with Gasteiger partial charge in [0.05, 0.1) is 0 Å². The van der Waals surface area contributed by atoms with Crippen LogP contribution in [-0.4, -0.2) is 12.4 Å². The maximum absolute atomic E-state index is 5.03. The van der Waals surface area contributed by atoms with E-state index in [1.165, 1.54) is 18.6 Å². The Bertz CT molecular complexity index is 27.7. The van der Waals surface area contributed by atoms with Crippen LogP contribution in [0.25, 0.3) is 0 Å². The summed E-state index contributed by atoms with van der Waals surface area (Å²) in [6.45, 7) is 0.924. The van der Waals surface area contributed by atoms with Crippen LogP contribution in [0.1, 0.15) is 12.8 Å². The summed E-state index contributed by atoms with van der Waals surface area (Å²) in [4.78, 5) is 0. The summed E-state index contributed by atoms with van der Waals surface area (Å²) in [6, 6.07) is 0. The standard InChI is InChI=1S/C5H9OS/c1-2-4-7-5-6-3-1/h5H,1-4H2.